The Hall–Kier alpha value is -0.780. The highest BCUT2D eigenvalue weighted by Gasteiger charge is 2.10. The van der Waals surface area contributed by atoms with E-state index >= 15 is 0 Å². The lowest BCUT2D eigenvalue weighted by molar-refractivity contribution is 0.588. The van der Waals surface area contributed by atoms with Gasteiger partial charge in [-0.2, -0.15) is 0 Å². The summed E-state index contributed by atoms with van der Waals surface area (Å²) >= 11 is 5.29. The SMILES string of the molecule is Cc1cccc(-c2nnc(CCNC(C)C)s2)c1Br. The normalized spacial score (nSPS) is 11.2. The molecule has 1 aromatic carbocycles. The molecule has 0 radical (unpaired) electrons. The molecule has 1 N–H and O–H groups in total. The van der Waals surface area contributed by atoms with Crippen LogP contribution in [-0.4, -0.2) is 22.8 Å². The maximum absolute atomic E-state index is 4.30. The Morgan fingerprint density at radius 2 is 2.11 bits per heavy atom. The van der Waals surface area contributed by atoms with Crippen molar-refractivity contribution in [1.82, 2.24) is 15.5 Å². The lowest BCUT2D eigenvalue weighted by Crippen LogP contribution is -2.24. The third kappa shape index (κ3) is 3.84. The molecule has 0 unspecified atom stereocenters. The molecule has 5 heteroatoms. The van der Waals surface area contributed by atoms with Crippen LogP contribution < -0.4 is 5.32 Å². The first kappa shape index (κ1) is 14.6. The molecule has 1 aromatic heterocycles. The Balaban J connectivity index is 2.10. The predicted octanol–water partition coefficient (Wildman–Crippen LogP) is 3.82. The van der Waals surface area contributed by atoms with Gasteiger partial charge in [-0.3, -0.25) is 0 Å². The van der Waals surface area contributed by atoms with Gasteiger partial charge < -0.3 is 5.32 Å². The van der Waals surface area contributed by atoms with Gasteiger partial charge in [-0.05, 0) is 28.4 Å². The Labute approximate surface area is 126 Å². The van der Waals surface area contributed by atoms with Crippen molar-refractivity contribution in [3.63, 3.8) is 0 Å². The number of hydrogen-bond acceptors (Lipinski definition) is 4. The number of aryl methyl sites for hydroxylation is 1. The fraction of sp³-hybridized carbons (Fsp3) is 0.429. The summed E-state index contributed by atoms with van der Waals surface area (Å²) in [4.78, 5) is 0. The van der Waals surface area contributed by atoms with Crippen LogP contribution in [0, 0.1) is 6.92 Å². The highest BCUT2D eigenvalue weighted by atomic mass is 79.9. The topological polar surface area (TPSA) is 37.8 Å². The van der Waals surface area contributed by atoms with Crippen molar-refractivity contribution in [3.8, 4) is 10.6 Å². The summed E-state index contributed by atoms with van der Waals surface area (Å²) < 4.78 is 1.11. The van der Waals surface area contributed by atoms with Gasteiger partial charge in [0.05, 0.1) is 0 Å². The van der Waals surface area contributed by atoms with Crippen LogP contribution in [0.3, 0.4) is 0 Å². The van der Waals surface area contributed by atoms with Crippen LogP contribution in [0.5, 0.6) is 0 Å². The Bertz CT molecular complexity index is 551. The van der Waals surface area contributed by atoms with Crippen LogP contribution in [-0.2, 0) is 6.42 Å². The summed E-state index contributed by atoms with van der Waals surface area (Å²) in [6, 6.07) is 6.73. The molecule has 0 aliphatic carbocycles. The first-order chi connectivity index (χ1) is 9.08. The molecule has 3 nitrogen and oxygen atoms in total. The predicted molar refractivity (Wildman–Crippen MR) is 84.6 cm³/mol. The smallest absolute Gasteiger partial charge is 0.148 e. The third-order valence-electron chi connectivity index (χ3n) is 2.78. The lowest BCUT2D eigenvalue weighted by atomic mass is 10.1. The van der Waals surface area contributed by atoms with Crippen molar-refractivity contribution < 1.29 is 0 Å². The molecule has 19 heavy (non-hydrogen) atoms. The number of hydrogen-bond donors (Lipinski definition) is 1. The molecule has 1 heterocycles. The molecular formula is C14H18BrN3S. The van der Waals surface area contributed by atoms with Gasteiger partial charge in [0.25, 0.3) is 0 Å². The van der Waals surface area contributed by atoms with Crippen LogP contribution in [0.1, 0.15) is 24.4 Å². The van der Waals surface area contributed by atoms with E-state index in [0.717, 1.165) is 33.0 Å². The number of halogens is 1. The second kappa shape index (κ2) is 6.59. The molecular weight excluding hydrogens is 322 g/mol. The molecule has 2 rings (SSSR count). The van der Waals surface area contributed by atoms with Crippen LogP contribution in [0.4, 0.5) is 0 Å². The summed E-state index contributed by atoms with van der Waals surface area (Å²) in [5, 5.41) is 14.0. The second-order valence-electron chi connectivity index (χ2n) is 4.80. The number of nitrogens with zero attached hydrogens (tertiary/aromatic N) is 2. The van der Waals surface area contributed by atoms with E-state index in [4.69, 9.17) is 0 Å². The zero-order valence-corrected chi connectivity index (χ0v) is 13.8. The molecule has 2 aromatic rings. The van der Waals surface area contributed by atoms with Gasteiger partial charge in [-0.1, -0.05) is 43.4 Å². The van der Waals surface area contributed by atoms with E-state index < -0.39 is 0 Å². The van der Waals surface area contributed by atoms with Crippen molar-refractivity contribution in [3.05, 3.63) is 33.2 Å². The van der Waals surface area contributed by atoms with Crippen molar-refractivity contribution in [1.29, 1.82) is 0 Å². The first-order valence-electron chi connectivity index (χ1n) is 6.39. The standard InChI is InChI=1S/C14H18BrN3S/c1-9(2)16-8-7-12-17-18-14(19-12)11-6-4-5-10(3)13(11)15/h4-6,9,16H,7-8H2,1-3H3. The van der Waals surface area contributed by atoms with E-state index in [1.165, 1.54) is 5.56 Å². The minimum absolute atomic E-state index is 0.512. The van der Waals surface area contributed by atoms with Crippen LogP contribution in [0.2, 0.25) is 0 Å². The van der Waals surface area contributed by atoms with Crippen molar-refractivity contribution in [2.45, 2.75) is 33.2 Å². The van der Waals surface area contributed by atoms with Gasteiger partial charge in [0.2, 0.25) is 0 Å². The number of nitrogens with one attached hydrogen (secondary N) is 1. The first-order valence-corrected chi connectivity index (χ1v) is 8.00. The van der Waals surface area contributed by atoms with Crippen LogP contribution >= 0.6 is 27.3 Å². The molecule has 0 fully saturated rings. The van der Waals surface area contributed by atoms with E-state index in [-0.39, 0.29) is 0 Å². The molecule has 0 atom stereocenters. The van der Waals surface area contributed by atoms with Crippen molar-refractivity contribution >= 4 is 27.3 Å². The number of benzene rings is 1. The van der Waals surface area contributed by atoms with Gasteiger partial charge in [0, 0.05) is 29.0 Å². The fourth-order valence-electron chi connectivity index (χ4n) is 1.74. The molecule has 0 saturated carbocycles. The van der Waals surface area contributed by atoms with E-state index in [2.05, 4.69) is 70.4 Å². The minimum atomic E-state index is 0.512. The van der Waals surface area contributed by atoms with Crippen molar-refractivity contribution in [2.24, 2.45) is 0 Å². The molecule has 0 spiro atoms. The number of aromatic nitrogens is 2. The van der Waals surface area contributed by atoms with E-state index in [1.54, 1.807) is 11.3 Å². The van der Waals surface area contributed by atoms with E-state index in [1.807, 2.05) is 0 Å². The summed E-state index contributed by atoms with van der Waals surface area (Å²) in [5.41, 5.74) is 2.34. The Kier molecular flexibility index (Phi) is 5.07. The Morgan fingerprint density at radius 1 is 1.32 bits per heavy atom. The van der Waals surface area contributed by atoms with E-state index in [0.29, 0.717) is 6.04 Å². The van der Waals surface area contributed by atoms with Gasteiger partial charge in [-0.25, -0.2) is 0 Å². The Morgan fingerprint density at radius 3 is 2.84 bits per heavy atom. The zero-order valence-electron chi connectivity index (χ0n) is 11.4. The monoisotopic (exact) mass is 339 g/mol. The average Bonchev–Trinajstić information content (AvgIpc) is 2.81. The largest absolute Gasteiger partial charge is 0.314 e. The highest BCUT2D eigenvalue weighted by Crippen LogP contribution is 2.32. The van der Waals surface area contributed by atoms with Gasteiger partial charge >= 0.3 is 0 Å². The summed E-state index contributed by atoms with van der Waals surface area (Å²) in [7, 11) is 0. The summed E-state index contributed by atoms with van der Waals surface area (Å²) in [6.45, 7) is 7.33. The molecule has 0 aliphatic rings. The maximum Gasteiger partial charge on any atom is 0.148 e. The molecule has 102 valence electrons. The third-order valence-corrected chi connectivity index (χ3v) is 4.85. The molecule has 0 amide bonds. The summed E-state index contributed by atoms with van der Waals surface area (Å²) in [5.74, 6) is 0. The van der Waals surface area contributed by atoms with Gasteiger partial charge in [0.1, 0.15) is 10.0 Å². The van der Waals surface area contributed by atoms with Gasteiger partial charge in [0.15, 0.2) is 0 Å². The summed E-state index contributed by atoms with van der Waals surface area (Å²) in [6.07, 6.45) is 0.930. The molecule has 0 saturated heterocycles. The van der Waals surface area contributed by atoms with Crippen LogP contribution in [0.25, 0.3) is 10.6 Å². The average molecular weight is 340 g/mol. The zero-order chi connectivity index (χ0) is 13.8. The second-order valence-corrected chi connectivity index (χ2v) is 6.65. The lowest BCUT2D eigenvalue weighted by Gasteiger charge is -2.05. The quantitative estimate of drug-likeness (QED) is 0.899. The highest BCUT2D eigenvalue weighted by molar-refractivity contribution is 9.10. The maximum atomic E-state index is 4.30. The van der Waals surface area contributed by atoms with E-state index in [9.17, 15) is 0 Å². The molecule has 0 aliphatic heterocycles. The fourth-order valence-corrected chi connectivity index (χ4v) is 3.20. The minimum Gasteiger partial charge on any atom is -0.314 e. The molecule has 0 bridgehead atoms. The van der Waals surface area contributed by atoms with Crippen molar-refractivity contribution in [2.75, 3.05) is 6.54 Å². The van der Waals surface area contributed by atoms with Gasteiger partial charge in [-0.15, -0.1) is 10.2 Å². The number of rotatable bonds is 5. The van der Waals surface area contributed by atoms with Crippen LogP contribution in [0.15, 0.2) is 22.7 Å².